The van der Waals surface area contributed by atoms with Crippen LogP contribution in [-0.2, 0) is 0 Å². The quantitative estimate of drug-likeness (QED) is 0.579. The zero-order valence-corrected chi connectivity index (χ0v) is 12.2. The highest BCUT2D eigenvalue weighted by Crippen LogP contribution is 2.09. The lowest BCUT2D eigenvalue weighted by Crippen LogP contribution is -2.16. The predicted octanol–water partition coefficient (Wildman–Crippen LogP) is 2.80. The number of rotatable bonds is 1. The summed E-state index contributed by atoms with van der Waals surface area (Å²) in [4.78, 5) is 8.45. The Hall–Kier alpha value is -1.86. The third-order valence-corrected chi connectivity index (χ3v) is 3.19. The summed E-state index contributed by atoms with van der Waals surface area (Å²) < 4.78 is 1.96. The molecule has 0 amide bonds. The summed E-state index contributed by atoms with van der Waals surface area (Å²) >= 11 is 0. The van der Waals surface area contributed by atoms with Crippen molar-refractivity contribution in [1.29, 1.82) is 0 Å². The van der Waals surface area contributed by atoms with E-state index in [-0.39, 0.29) is 0 Å². The summed E-state index contributed by atoms with van der Waals surface area (Å²) in [5.74, 6) is 3.22. The molecule has 2 heterocycles. The average Bonchev–Trinajstić information content (AvgIpc) is 2.73. The second kappa shape index (κ2) is 4.79. The molecule has 18 heavy (non-hydrogen) atoms. The van der Waals surface area contributed by atoms with Crippen LogP contribution < -0.4 is 0 Å². The van der Waals surface area contributed by atoms with Crippen molar-refractivity contribution in [2.75, 3.05) is 0 Å². The van der Waals surface area contributed by atoms with Gasteiger partial charge in [-0.15, -0.1) is 5.54 Å². The second-order valence-electron chi connectivity index (χ2n) is 5.35. The maximum Gasteiger partial charge on any atom is 0.129 e. The first-order chi connectivity index (χ1) is 8.44. The van der Waals surface area contributed by atoms with Gasteiger partial charge in [-0.2, -0.15) is 0 Å². The summed E-state index contributed by atoms with van der Waals surface area (Å²) in [6.07, 6.45) is 7.40. The molecule has 0 radical (unpaired) electrons. The zero-order valence-electron chi connectivity index (χ0n) is 11.2. The van der Waals surface area contributed by atoms with Crippen molar-refractivity contribution < 1.29 is 0 Å². The predicted molar refractivity (Wildman–Crippen MR) is 76.3 cm³/mol. The molecule has 3 nitrogen and oxygen atoms in total. The normalized spacial score (nSPS) is 10.9. The minimum absolute atomic E-state index is 0.960. The number of imidazole rings is 1. The Morgan fingerprint density at radius 2 is 2.00 bits per heavy atom. The molecule has 0 aliphatic heterocycles. The molecule has 0 saturated carbocycles. The number of pyridine rings is 1. The van der Waals surface area contributed by atoms with E-state index in [0.717, 1.165) is 16.9 Å². The Labute approximate surface area is 109 Å². The van der Waals surface area contributed by atoms with Crippen LogP contribution in [-0.4, -0.2) is 22.6 Å². The highest BCUT2D eigenvalue weighted by molar-refractivity contribution is 6.83. The fourth-order valence-electron chi connectivity index (χ4n) is 1.46. The summed E-state index contributed by atoms with van der Waals surface area (Å²) in [5, 5.41) is 0. The number of nitrogens with zero attached hydrogens (tertiary/aromatic N) is 3. The molecule has 0 N–H and O–H groups in total. The van der Waals surface area contributed by atoms with Gasteiger partial charge in [0, 0.05) is 18.0 Å². The smallest absolute Gasteiger partial charge is 0.129 e. The molecular weight excluding hydrogens is 238 g/mol. The largest absolute Gasteiger partial charge is 0.304 e. The zero-order chi connectivity index (χ0) is 13.2. The van der Waals surface area contributed by atoms with Gasteiger partial charge in [-0.25, -0.2) is 4.98 Å². The molecule has 0 bridgehead atoms. The van der Waals surface area contributed by atoms with Gasteiger partial charge in [-0.05, 0) is 13.0 Å². The minimum Gasteiger partial charge on any atom is -0.304 e. The summed E-state index contributed by atoms with van der Waals surface area (Å²) in [6.45, 7) is 8.67. The van der Waals surface area contributed by atoms with Gasteiger partial charge in [0.15, 0.2) is 0 Å². The van der Waals surface area contributed by atoms with Crippen molar-refractivity contribution in [2.24, 2.45) is 0 Å². The molecule has 2 aromatic rings. The first kappa shape index (κ1) is 12.6. The second-order valence-corrected chi connectivity index (χ2v) is 10.1. The van der Waals surface area contributed by atoms with Crippen molar-refractivity contribution in [1.82, 2.24) is 14.5 Å². The highest BCUT2D eigenvalue weighted by atomic mass is 28.3. The maximum absolute atomic E-state index is 4.24. The lowest BCUT2D eigenvalue weighted by atomic mass is 10.3. The van der Waals surface area contributed by atoms with Gasteiger partial charge in [0.05, 0.1) is 23.9 Å². The highest BCUT2D eigenvalue weighted by Gasteiger charge is 2.07. The molecule has 0 aliphatic carbocycles. The first-order valence-corrected chi connectivity index (χ1v) is 9.43. The van der Waals surface area contributed by atoms with Crippen LogP contribution in [0.2, 0.25) is 19.6 Å². The molecule has 0 fully saturated rings. The molecule has 0 atom stereocenters. The van der Waals surface area contributed by atoms with E-state index < -0.39 is 8.07 Å². The molecule has 2 aromatic heterocycles. The fourth-order valence-corrected chi connectivity index (χ4v) is 1.98. The van der Waals surface area contributed by atoms with E-state index in [1.54, 1.807) is 12.5 Å². The number of aryl methyl sites for hydroxylation is 1. The number of aromatic nitrogens is 3. The van der Waals surface area contributed by atoms with E-state index in [9.17, 15) is 0 Å². The van der Waals surface area contributed by atoms with E-state index in [0.29, 0.717) is 0 Å². The van der Waals surface area contributed by atoms with E-state index in [1.807, 2.05) is 30.0 Å². The Morgan fingerprint density at radius 1 is 1.22 bits per heavy atom. The topological polar surface area (TPSA) is 30.7 Å². The first-order valence-electron chi connectivity index (χ1n) is 5.93. The molecule has 0 aliphatic rings. The lowest BCUT2D eigenvalue weighted by molar-refractivity contribution is 1.04. The standard InChI is InChI=1S/C14H17N3Si/c1-12-10-17(11-16-12)14-7-13(8-15-9-14)5-6-18(2,3)4/h7-11H,1-4H3. The SMILES string of the molecule is Cc1cn(-c2cncc(C#C[Si](C)(C)C)c2)cn1. The third kappa shape index (κ3) is 3.31. The lowest BCUT2D eigenvalue weighted by Gasteiger charge is -2.04. The van der Waals surface area contributed by atoms with Gasteiger partial charge >= 0.3 is 0 Å². The molecule has 0 spiro atoms. The summed E-state index contributed by atoms with van der Waals surface area (Å²) in [6, 6.07) is 2.04. The van der Waals surface area contributed by atoms with Crippen LogP contribution in [0.1, 0.15) is 11.3 Å². The Morgan fingerprint density at radius 3 is 2.61 bits per heavy atom. The Bertz CT molecular complexity index is 612. The molecule has 2 rings (SSSR count). The van der Waals surface area contributed by atoms with Crippen molar-refractivity contribution in [2.45, 2.75) is 26.6 Å². The van der Waals surface area contributed by atoms with Crippen molar-refractivity contribution in [3.05, 3.63) is 42.2 Å². The van der Waals surface area contributed by atoms with Gasteiger partial charge in [0.25, 0.3) is 0 Å². The van der Waals surface area contributed by atoms with Crippen LogP contribution in [0.15, 0.2) is 31.0 Å². The van der Waals surface area contributed by atoms with Crippen LogP contribution in [0.4, 0.5) is 0 Å². The average molecular weight is 255 g/mol. The van der Waals surface area contributed by atoms with Crippen LogP contribution in [0, 0.1) is 18.4 Å². The van der Waals surface area contributed by atoms with Crippen LogP contribution >= 0.6 is 0 Å². The maximum atomic E-state index is 4.24. The summed E-state index contributed by atoms with van der Waals surface area (Å²) in [5.41, 5.74) is 6.30. The van der Waals surface area contributed by atoms with Crippen molar-refractivity contribution >= 4 is 8.07 Å². The van der Waals surface area contributed by atoms with Gasteiger partial charge in [0.2, 0.25) is 0 Å². The van der Waals surface area contributed by atoms with Gasteiger partial charge in [0.1, 0.15) is 8.07 Å². The monoisotopic (exact) mass is 255 g/mol. The van der Waals surface area contributed by atoms with Gasteiger partial charge < -0.3 is 4.57 Å². The van der Waals surface area contributed by atoms with Crippen LogP contribution in [0.3, 0.4) is 0 Å². The van der Waals surface area contributed by atoms with E-state index in [1.165, 1.54) is 0 Å². The molecule has 0 saturated heterocycles. The minimum atomic E-state index is -1.34. The van der Waals surface area contributed by atoms with Gasteiger partial charge in [-0.3, -0.25) is 4.98 Å². The van der Waals surface area contributed by atoms with Gasteiger partial charge in [-0.1, -0.05) is 25.6 Å². The Kier molecular flexibility index (Phi) is 3.35. The molecule has 0 unspecified atom stereocenters. The third-order valence-electron chi connectivity index (χ3n) is 2.32. The van der Waals surface area contributed by atoms with Crippen LogP contribution in [0.5, 0.6) is 0 Å². The molecular formula is C14H17N3Si. The van der Waals surface area contributed by atoms with Crippen molar-refractivity contribution in [3.63, 3.8) is 0 Å². The Balaban J connectivity index is 2.33. The summed E-state index contributed by atoms with van der Waals surface area (Å²) in [7, 11) is -1.34. The van der Waals surface area contributed by atoms with E-state index in [4.69, 9.17) is 0 Å². The van der Waals surface area contributed by atoms with Crippen LogP contribution in [0.25, 0.3) is 5.69 Å². The number of hydrogen-bond acceptors (Lipinski definition) is 2. The van der Waals surface area contributed by atoms with E-state index in [2.05, 4.69) is 41.1 Å². The molecule has 0 aromatic carbocycles. The molecule has 4 heteroatoms. The molecule has 92 valence electrons. The van der Waals surface area contributed by atoms with E-state index >= 15 is 0 Å². The van der Waals surface area contributed by atoms with Crippen molar-refractivity contribution in [3.8, 4) is 17.2 Å². The fraction of sp³-hybridized carbons (Fsp3) is 0.286. The number of hydrogen-bond donors (Lipinski definition) is 0.